The first-order chi connectivity index (χ1) is 9.61. The SMILES string of the molecule is CSc1ccc(CN(C)C(=O)c2ccccc2Br)cc1. The van der Waals surface area contributed by atoms with Crippen LogP contribution in [0.2, 0.25) is 0 Å². The minimum Gasteiger partial charge on any atom is -0.337 e. The standard InChI is InChI=1S/C16H16BrNOS/c1-18(11-12-7-9-13(20-2)10-8-12)16(19)14-5-3-4-6-15(14)17/h3-10H,11H2,1-2H3. The van der Waals surface area contributed by atoms with E-state index in [1.165, 1.54) is 4.90 Å². The summed E-state index contributed by atoms with van der Waals surface area (Å²) in [6.07, 6.45) is 2.05. The van der Waals surface area contributed by atoms with Crippen molar-refractivity contribution in [3.63, 3.8) is 0 Å². The van der Waals surface area contributed by atoms with Crippen LogP contribution >= 0.6 is 27.7 Å². The molecule has 2 nitrogen and oxygen atoms in total. The van der Waals surface area contributed by atoms with Gasteiger partial charge in [-0.3, -0.25) is 4.79 Å². The molecule has 4 heteroatoms. The van der Waals surface area contributed by atoms with Crippen molar-refractivity contribution in [3.05, 3.63) is 64.1 Å². The predicted molar refractivity (Wildman–Crippen MR) is 88.2 cm³/mol. The van der Waals surface area contributed by atoms with Crippen LogP contribution in [0.1, 0.15) is 15.9 Å². The zero-order valence-electron chi connectivity index (χ0n) is 11.5. The van der Waals surface area contributed by atoms with Crippen molar-refractivity contribution < 1.29 is 4.79 Å². The second-order valence-corrected chi connectivity index (χ2v) is 6.22. The molecular weight excluding hydrogens is 334 g/mol. The lowest BCUT2D eigenvalue weighted by molar-refractivity contribution is 0.0784. The first kappa shape index (κ1) is 15.1. The van der Waals surface area contributed by atoms with E-state index in [4.69, 9.17) is 0 Å². The second-order valence-electron chi connectivity index (χ2n) is 4.49. The molecule has 0 fully saturated rings. The van der Waals surface area contributed by atoms with Crippen molar-refractivity contribution in [2.75, 3.05) is 13.3 Å². The molecule has 0 radical (unpaired) electrons. The van der Waals surface area contributed by atoms with Crippen LogP contribution in [0.3, 0.4) is 0 Å². The highest BCUT2D eigenvalue weighted by molar-refractivity contribution is 9.10. The summed E-state index contributed by atoms with van der Waals surface area (Å²) in [6, 6.07) is 15.8. The number of carbonyl (C=O) groups excluding carboxylic acids is 1. The van der Waals surface area contributed by atoms with Crippen molar-refractivity contribution in [1.29, 1.82) is 0 Å². The van der Waals surface area contributed by atoms with E-state index in [-0.39, 0.29) is 5.91 Å². The van der Waals surface area contributed by atoms with Crippen LogP contribution in [-0.4, -0.2) is 24.1 Å². The highest BCUT2D eigenvalue weighted by Gasteiger charge is 2.14. The van der Waals surface area contributed by atoms with Crippen molar-refractivity contribution in [1.82, 2.24) is 4.90 Å². The molecule has 0 bridgehead atoms. The van der Waals surface area contributed by atoms with Crippen molar-refractivity contribution in [2.24, 2.45) is 0 Å². The minimum absolute atomic E-state index is 0.0198. The van der Waals surface area contributed by atoms with E-state index < -0.39 is 0 Å². The molecule has 0 aliphatic heterocycles. The van der Waals surface area contributed by atoms with Gasteiger partial charge in [-0.1, -0.05) is 24.3 Å². The van der Waals surface area contributed by atoms with Gasteiger partial charge >= 0.3 is 0 Å². The van der Waals surface area contributed by atoms with Gasteiger partial charge in [0.1, 0.15) is 0 Å². The van der Waals surface area contributed by atoms with Crippen LogP contribution in [-0.2, 0) is 6.54 Å². The number of halogens is 1. The summed E-state index contributed by atoms with van der Waals surface area (Å²) >= 11 is 5.13. The molecule has 0 saturated carbocycles. The van der Waals surface area contributed by atoms with Gasteiger partial charge in [0, 0.05) is 23.0 Å². The maximum Gasteiger partial charge on any atom is 0.255 e. The van der Waals surface area contributed by atoms with E-state index >= 15 is 0 Å². The Morgan fingerprint density at radius 1 is 1.15 bits per heavy atom. The molecular formula is C16H16BrNOS. The van der Waals surface area contributed by atoms with Gasteiger partial charge < -0.3 is 4.90 Å². The molecule has 0 spiro atoms. The van der Waals surface area contributed by atoms with Gasteiger partial charge in [0.2, 0.25) is 0 Å². The van der Waals surface area contributed by atoms with Crippen LogP contribution in [0.25, 0.3) is 0 Å². The summed E-state index contributed by atoms with van der Waals surface area (Å²) in [4.78, 5) is 15.3. The van der Waals surface area contributed by atoms with E-state index in [9.17, 15) is 4.79 Å². The smallest absolute Gasteiger partial charge is 0.255 e. The third-order valence-corrected chi connectivity index (χ3v) is 4.46. The molecule has 0 aliphatic rings. The predicted octanol–water partition coefficient (Wildman–Crippen LogP) is 4.44. The van der Waals surface area contributed by atoms with Crippen molar-refractivity contribution in [3.8, 4) is 0 Å². The Balaban J connectivity index is 2.09. The average molecular weight is 350 g/mol. The molecule has 2 aromatic carbocycles. The number of hydrogen-bond donors (Lipinski definition) is 0. The highest BCUT2D eigenvalue weighted by Crippen LogP contribution is 2.19. The molecule has 0 aliphatic carbocycles. The number of carbonyl (C=O) groups is 1. The second kappa shape index (κ2) is 6.95. The van der Waals surface area contributed by atoms with Gasteiger partial charge in [-0.15, -0.1) is 11.8 Å². The number of nitrogens with zero attached hydrogens (tertiary/aromatic N) is 1. The molecule has 1 amide bonds. The lowest BCUT2D eigenvalue weighted by Crippen LogP contribution is -2.26. The van der Waals surface area contributed by atoms with Crippen LogP contribution in [0.4, 0.5) is 0 Å². The number of thioether (sulfide) groups is 1. The fourth-order valence-electron chi connectivity index (χ4n) is 1.92. The molecule has 0 unspecified atom stereocenters. The normalized spacial score (nSPS) is 10.3. The molecule has 2 aromatic rings. The van der Waals surface area contributed by atoms with Gasteiger partial charge in [-0.05, 0) is 52.0 Å². The van der Waals surface area contributed by atoms with Crippen LogP contribution < -0.4 is 0 Å². The largest absolute Gasteiger partial charge is 0.337 e. The monoisotopic (exact) mass is 349 g/mol. The maximum atomic E-state index is 12.4. The Bertz CT molecular complexity index is 598. The molecule has 0 atom stereocenters. The zero-order chi connectivity index (χ0) is 14.5. The average Bonchev–Trinajstić information content (AvgIpc) is 2.48. The third kappa shape index (κ3) is 3.64. The van der Waals surface area contributed by atoms with Crippen LogP contribution in [0.5, 0.6) is 0 Å². The number of amides is 1. The lowest BCUT2D eigenvalue weighted by Gasteiger charge is -2.18. The van der Waals surface area contributed by atoms with E-state index in [0.717, 1.165) is 10.0 Å². The number of rotatable bonds is 4. The zero-order valence-corrected chi connectivity index (χ0v) is 13.9. The lowest BCUT2D eigenvalue weighted by atomic mass is 10.1. The molecule has 0 N–H and O–H groups in total. The summed E-state index contributed by atoms with van der Waals surface area (Å²) < 4.78 is 0.828. The van der Waals surface area contributed by atoms with Gasteiger partial charge in [-0.25, -0.2) is 0 Å². The first-order valence-corrected chi connectivity index (χ1v) is 8.26. The van der Waals surface area contributed by atoms with Crippen LogP contribution in [0, 0.1) is 0 Å². The summed E-state index contributed by atoms with van der Waals surface area (Å²) in [5, 5.41) is 0. The number of hydrogen-bond acceptors (Lipinski definition) is 2. The Kier molecular flexibility index (Phi) is 5.26. The first-order valence-electron chi connectivity index (χ1n) is 6.24. The topological polar surface area (TPSA) is 20.3 Å². The maximum absolute atomic E-state index is 12.4. The Morgan fingerprint density at radius 3 is 2.40 bits per heavy atom. The highest BCUT2D eigenvalue weighted by atomic mass is 79.9. The van der Waals surface area contributed by atoms with Crippen LogP contribution in [0.15, 0.2) is 57.9 Å². The molecule has 0 aromatic heterocycles. The molecule has 20 heavy (non-hydrogen) atoms. The van der Waals surface area contributed by atoms with E-state index in [1.54, 1.807) is 16.7 Å². The molecule has 2 rings (SSSR count). The van der Waals surface area contributed by atoms with Gasteiger partial charge in [0.15, 0.2) is 0 Å². The Hall–Kier alpha value is -1.26. The van der Waals surface area contributed by atoms with E-state index in [1.807, 2.05) is 31.3 Å². The summed E-state index contributed by atoms with van der Waals surface area (Å²) in [7, 11) is 1.82. The summed E-state index contributed by atoms with van der Waals surface area (Å²) in [5.74, 6) is 0.0198. The number of benzene rings is 2. The molecule has 0 heterocycles. The summed E-state index contributed by atoms with van der Waals surface area (Å²) in [6.45, 7) is 0.606. The fraction of sp³-hybridized carbons (Fsp3) is 0.188. The molecule has 104 valence electrons. The Labute approximate surface area is 132 Å². The fourth-order valence-corrected chi connectivity index (χ4v) is 2.78. The molecule has 0 saturated heterocycles. The van der Waals surface area contributed by atoms with E-state index in [2.05, 4.69) is 46.5 Å². The minimum atomic E-state index is 0.0198. The quantitative estimate of drug-likeness (QED) is 0.760. The Morgan fingerprint density at radius 2 is 1.80 bits per heavy atom. The third-order valence-electron chi connectivity index (χ3n) is 3.03. The van der Waals surface area contributed by atoms with Gasteiger partial charge in [0.05, 0.1) is 5.56 Å². The van der Waals surface area contributed by atoms with Crippen molar-refractivity contribution >= 4 is 33.6 Å². The van der Waals surface area contributed by atoms with Gasteiger partial charge in [0.25, 0.3) is 5.91 Å². The van der Waals surface area contributed by atoms with Crippen molar-refractivity contribution in [2.45, 2.75) is 11.4 Å². The van der Waals surface area contributed by atoms with E-state index in [0.29, 0.717) is 12.1 Å². The summed E-state index contributed by atoms with van der Waals surface area (Å²) in [5.41, 5.74) is 1.82. The van der Waals surface area contributed by atoms with Gasteiger partial charge in [-0.2, -0.15) is 0 Å².